The van der Waals surface area contributed by atoms with Gasteiger partial charge in [0.1, 0.15) is 23.2 Å². The van der Waals surface area contributed by atoms with Crippen molar-refractivity contribution in [2.24, 2.45) is 16.3 Å². The third-order valence-corrected chi connectivity index (χ3v) is 7.24. The molecule has 3 aliphatic rings. The second-order valence-electron chi connectivity index (χ2n) is 9.43. The number of benzene rings is 2. The van der Waals surface area contributed by atoms with Crippen LogP contribution in [0.15, 0.2) is 53.5 Å². The Balaban J connectivity index is 1.49. The number of methoxy groups -OCH3 is 1. The molecule has 2 heterocycles. The van der Waals surface area contributed by atoms with E-state index in [2.05, 4.69) is 4.99 Å². The molecule has 1 unspecified atom stereocenters. The van der Waals surface area contributed by atoms with Crippen LogP contribution in [0.5, 0.6) is 5.75 Å². The van der Waals surface area contributed by atoms with Crippen LogP contribution in [0.4, 0.5) is 17.1 Å². The molecule has 2 amide bonds. The molecule has 8 heteroatoms. The highest BCUT2D eigenvalue weighted by Crippen LogP contribution is 2.56. The molecule has 1 aliphatic carbocycles. The maximum absolute atomic E-state index is 13.7. The minimum Gasteiger partial charge on any atom is -0.497 e. The number of ether oxygens (including phenoxy) is 1. The first-order valence-electron chi connectivity index (χ1n) is 11.9. The van der Waals surface area contributed by atoms with Crippen molar-refractivity contribution in [2.45, 2.75) is 32.1 Å². The second-order valence-corrected chi connectivity index (χ2v) is 9.43. The van der Waals surface area contributed by atoms with Crippen molar-refractivity contribution < 1.29 is 14.3 Å². The number of hydrogen-bond acceptors (Lipinski definition) is 6. The lowest BCUT2D eigenvalue weighted by Crippen LogP contribution is -2.54. The largest absolute Gasteiger partial charge is 0.497 e. The van der Waals surface area contributed by atoms with Crippen LogP contribution in [-0.2, 0) is 9.59 Å². The Morgan fingerprint density at radius 1 is 1.06 bits per heavy atom. The number of hydrogen-bond donors (Lipinski definition) is 1. The SMILES string of the molecule is COc1ccc(N=C2C(=O)N(c3ccc(N4CCCCC4=O)cc3)CC3(CC3)C2C(=N)C#N)cc1. The van der Waals surface area contributed by atoms with Crippen molar-refractivity contribution in [3.63, 3.8) is 0 Å². The molecule has 8 nitrogen and oxygen atoms in total. The van der Waals surface area contributed by atoms with Gasteiger partial charge < -0.3 is 14.5 Å². The number of aliphatic imine (C=N–C) groups is 1. The molecule has 0 aromatic heterocycles. The molecular formula is C27H27N5O3. The number of nitriles is 1. The summed E-state index contributed by atoms with van der Waals surface area (Å²) in [6, 6.07) is 16.5. The van der Waals surface area contributed by atoms with Crippen LogP contribution in [0.3, 0.4) is 0 Å². The summed E-state index contributed by atoms with van der Waals surface area (Å²) < 4.78 is 5.21. The van der Waals surface area contributed by atoms with Crippen LogP contribution in [0, 0.1) is 28.1 Å². The molecule has 178 valence electrons. The molecule has 2 aromatic rings. The van der Waals surface area contributed by atoms with Crippen molar-refractivity contribution in [1.82, 2.24) is 0 Å². The van der Waals surface area contributed by atoms with Gasteiger partial charge in [-0.1, -0.05) is 0 Å². The van der Waals surface area contributed by atoms with Crippen LogP contribution >= 0.6 is 0 Å². The highest BCUT2D eigenvalue weighted by atomic mass is 16.5. The lowest BCUT2D eigenvalue weighted by atomic mass is 9.77. The first kappa shape index (κ1) is 22.8. The molecular weight excluding hydrogens is 442 g/mol. The van der Waals surface area contributed by atoms with Gasteiger partial charge in [0.05, 0.1) is 18.7 Å². The van der Waals surface area contributed by atoms with E-state index in [1.165, 1.54) is 0 Å². The predicted octanol–water partition coefficient (Wildman–Crippen LogP) is 4.27. The molecule has 2 aliphatic heterocycles. The van der Waals surface area contributed by atoms with E-state index >= 15 is 0 Å². The van der Waals surface area contributed by atoms with Gasteiger partial charge in [0.15, 0.2) is 0 Å². The Labute approximate surface area is 204 Å². The van der Waals surface area contributed by atoms with E-state index in [1.807, 2.05) is 30.3 Å². The van der Waals surface area contributed by atoms with Crippen molar-refractivity contribution in [1.29, 1.82) is 10.7 Å². The number of nitrogens with one attached hydrogen (secondary N) is 1. The van der Waals surface area contributed by atoms with Crippen LogP contribution in [-0.4, -0.2) is 43.4 Å². The molecule has 1 spiro atoms. The van der Waals surface area contributed by atoms with E-state index in [-0.39, 0.29) is 28.7 Å². The zero-order valence-corrected chi connectivity index (χ0v) is 19.7. The fourth-order valence-corrected chi connectivity index (χ4v) is 5.15. The summed E-state index contributed by atoms with van der Waals surface area (Å²) in [7, 11) is 1.58. The van der Waals surface area contributed by atoms with E-state index in [0.717, 1.165) is 37.1 Å². The Kier molecular flexibility index (Phi) is 5.85. The van der Waals surface area contributed by atoms with Gasteiger partial charge in [-0.2, -0.15) is 5.26 Å². The Bertz CT molecular complexity index is 1240. The van der Waals surface area contributed by atoms with Crippen molar-refractivity contribution in [3.8, 4) is 11.8 Å². The van der Waals surface area contributed by atoms with Gasteiger partial charge in [0.25, 0.3) is 5.91 Å². The summed E-state index contributed by atoms with van der Waals surface area (Å²) in [5, 5.41) is 17.9. The average molecular weight is 470 g/mol. The summed E-state index contributed by atoms with van der Waals surface area (Å²) in [6.45, 7) is 1.14. The normalized spacial score (nSPS) is 22.3. The number of anilines is 2. The summed E-state index contributed by atoms with van der Waals surface area (Å²) >= 11 is 0. The van der Waals surface area contributed by atoms with Gasteiger partial charge in [0, 0.05) is 36.3 Å². The van der Waals surface area contributed by atoms with E-state index in [9.17, 15) is 14.9 Å². The van der Waals surface area contributed by atoms with Crippen LogP contribution < -0.4 is 14.5 Å². The van der Waals surface area contributed by atoms with Crippen LogP contribution in [0.25, 0.3) is 0 Å². The fourth-order valence-electron chi connectivity index (χ4n) is 5.15. The smallest absolute Gasteiger partial charge is 0.273 e. The number of amides is 2. The van der Waals surface area contributed by atoms with E-state index in [1.54, 1.807) is 41.2 Å². The van der Waals surface area contributed by atoms with Gasteiger partial charge in [-0.05, 0) is 74.2 Å². The number of carbonyl (C=O) groups is 2. The second kappa shape index (κ2) is 8.99. The lowest BCUT2D eigenvalue weighted by molar-refractivity contribution is -0.119. The highest BCUT2D eigenvalue weighted by Gasteiger charge is 2.59. The zero-order valence-electron chi connectivity index (χ0n) is 19.7. The minimum atomic E-state index is -0.622. The molecule has 1 saturated carbocycles. The standard InChI is InChI=1S/C27H27N5O3/c1-35-21-11-5-18(6-12-21)30-25-24(22(29)16-28)27(13-14-27)17-32(26(25)34)20-9-7-19(8-10-20)31-15-3-2-4-23(31)33/h5-12,24,29H,2-4,13-15,17H2,1H3. The predicted molar refractivity (Wildman–Crippen MR) is 134 cm³/mol. The highest BCUT2D eigenvalue weighted by molar-refractivity contribution is 6.49. The van der Waals surface area contributed by atoms with Gasteiger partial charge in [0.2, 0.25) is 5.91 Å². The molecule has 5 rings (SSSR count). The number of nitrogens with zero attached hydrogens (tertiary/aromatic N) is 4. The fraction of sp³-hybridized carbons (Fsp3) is 0.370. The van der Waals surface area contributed by atoms with Crippen LogP contribution in [0.1, 0.15) is 32.1 Å². The first-order valence-corrected chi connectivity index (χ1v) is 11.9. The molecule has 0 radical (unpaired) electrons. The summed E-state index contributed by atoms with van der Waals surface area (Å²) in [5.41, 5.74) is 1.87. The van der Waals surface area contributed by atoms with E-state index in [4.69, 9.17) is 10.1 Å². The summed E-state index contributed by atoms with van der Waals surface area (Å²) in [6.07, 6.45) is 4.12. The minimum absolute atomic E-state index is 0.123. The van der Waals surface area contributed by atoms with Crippen molar-refractivity contribution >= 4 is 40.3 Å². The zero-order chi connectivity index (χ0) is 24.6. The Morgan fingerprint density at radius 3 is 2.29 bits per heavy atom. The molecule has 3 fully saturated rings. The van der Waals surface area contributed by atoms with Gasteiger partial charge in [-0.15, -0.1) is 0 Å². The summed E-state index contributed by atoms with van der Waals surface area (Å²) in [4.78, 5) is 34.2. The Hall–Kier alpha value is -3.99. The number of rotatable bonds is 5. The first-order chi connectivity index (χ1) is 17.0. The topological polar surface area (TPSA) is 110 Å². The maximum atomic E-state index is 13.7. The average Bonchev–Trinajstić information content (AvgIpc) is 3.66. The van der Waals surface area contributed by atoms with Gasteiger partial charge in [-0.25, -0.2) is 4.99 Å². The molecule has 35 heavy (non-hydrogen) atoms. The molecule has 2 saturated heterocycles. The van der Waals surface area contributed by atoms with Gasteiger partial charge in [-0.3, -0.25) is 15.0 Å². The molecule has 1 atom stereocenters. The monoisotopic (exact) mass is 469 g/mol. The van der Waals surface area contributed by atoms with Gasteiger partial charge >= 0.3 is 0 Å². The molecule has 0 bridgehead atoms. The Morgan fingerprint density at radius 2 is 1.71 bits per heavy atom. The third-order valence-electron chi connectivity index (χ3n) is 7.24. The van der Waals surface area contributed by atoms with Crippen molar-refractivity contribution in [3.05, 3.63) is 48.5 Å². The molecule has 2 aromatic carbocycles. The van der Waals surface area contributed by atoms with E-state index in [0.29, 0.717) is 30.9 Å². The quantitative estimate of drug-likeness (QED) is 0.659. The lowest BCUT2D eigenvalue weighted by Gasteiger charge is -2.39. The number of carbonyl (C=O) groups excluding carboxylic acids is 2. The van der Waals surface area contributed by atoms with E-state index < -0.39 is 5.92 Å². The van der Waals surface area contributed by atoms with Crippen LogP contribution in [0.2, 0.25) is 0 Å². The number of piperidine rings is 2. The molecule has 1 N–H and O–H groups in total. The van der Waals surface area contributed by atoms with Crippen molar-refractivity contribution in [2.75, 3.05) is 30.0 Å². The maximum Gasteiger partial charge on any atom is 0.273 e. The summed E-state index contributed by atoms with van der Waals surface area (Å²) in [5.74, 6) is -0.117. The third kappa shape index (κ3) is 4.18.